The monoisotopic (exact) mass is 336 g/mol. The summed E-state index contributed by atoms with van der Waals surface area (Å²) in [5, 5.41) is 9.37. The highest BCUT2D eigenvalue weighted by Gasteiger charge is 2.19. The SMILES string of the molecule is Cc1noc2nc(-c3cccs3)cc(C(=O)Nc3cccnc3)c12. The van der Waals surface area contributed by atoms with Crippen molar-refractivity contribution in [2.24, 2.45) is 0 Å². The van der Waals surface area contributed by atoms with Crippen molar-refractivity contribution in [2.45, 2.75) is 6.92 Å². The Morgan fingerprint density at radius 3 is 2.96 bits per heavy atom. The normalized spacial score (nSPS) is 10.9. The van der Waals surface area contributed by atoms with Crippen LogP contribution in [0.4, 0.5) is 5.69 Å². The quantitative estimate of drug-likeness (QED) is 0.613. The highest BCUT2D eigenvalue weighted by Crippen LogP contribution is 2.29. The predicted molar refractivity (Wildman–Crippen MR) is 92.0 cm³/mol. The molecule has 0 aromatic carbocycles. The van der Waals surface area contributed by atoms with E-state index in [0.29, 0.717) is 33.7 Å². The summed E-state index contributed by atoms with van der Waals surface area (Å²) in [5.74, 6) is -0.250. The maximum atomic E-state index is 12.8. The molecule has 0 aliphatic heterocycles. The molecule has 0 spiro atoms. The first-order valence-electron chi connectivity index (χ1n) is 7.24. The van der Waals surface area contributed by atoms with E-state index in [1.165, 1.54) is 0 Å². The summed E-state index contributed by atoms with van der Waals surface area (Å²) in [6.07, 6.45) is 3.25. The number of thiophene rings is 1. The van der Waals surface area contributed by atoms with Gasteiger partial charge < -0.3 is 9.84 Å². The number of rotatable bonds is 3. The summed E-state index contributed by atoms with van der Waals surface area (Å²) in [7, 11) is 0. The van der Waals surface area contributed by atoms with E-state index in [1.807, 2.05) is 17.5 Å². The van der Waals surface area contributed by atoms with E-state index in [2.05, 4.69) is 20.4 Å². The summed E-state index contributed by atoms with van der Waals surface area (Å²) in [5.41, 5.74) is 2.77. The van der Waals surface area contributed by atoms with Crippen LogP contribution < -0.4 is 5.32 Å². The fourth-order valence-corrected chi connectivity index (χ4v) is 3.15. The van der Waals surface area contributed by atoms with E-state index in [9.17, 15) is 4.79 Å². The van der Waals surface area contributed by atoms with Gasteiger partial charge in [-0.2, -0.15) is 0 Å². The smallest absolute Gasteiger partial charge is 0.259 e. The van der Waals surface area contributed by atoms with Gasteiger partial charge in [0, 0.05) is 6.20 Å². The van der Waals surface area contributed by atoms with Gasteiger partial charge in [0.15, 0.2) is 0 Å². The van der Waals surface area contributed by atoms with Crippen molar-refractivity contribution in [1.29, 1.82) is 0 Å². The van der Waals surface area contributed by atoms with Crippen LogP contribution in [0.5, 0.6) is 0 Å². The lowest BCUT2D eigenvalue weighted by Gasteiger charge is -2.07. The van der Waals surface area contributed by atoms with Crippen molar-refractivity contribution in [3.8, 4) is 10.6 Å². The summed E-state index contributed by atoms with van der Waals surface area (Å²) >= 11 is 1.55. The highest BCUT2D eigenvalue weighted by atomic mass is 32.1. The Kier molecular flexibility index (Phi) is 3.55. The van der Waals surface area contributed by atoms with E-state index in [0.717, 1.165) is 4.88 Å². The Labute approximate surface area is 141 Å². The molecule has 0 unspecified atom stereocenters. The molecule has 24 heavy (non-hydrogen) atoms. The maximum Gasteiger partial charge on any atom is 0.259 e. The van der Waals surface area contributed by atoms with Crippen LogP contribution in [0.2, 0.25) is 0 Å². The molecule has 0 aliphatic carbocycles. The van der Waals surface area contributed by atoms with Crippen LogP contribution in [-0.4, -0.2) is 21.0 Å². The van der Waals surface area contributed by atoms with Gasteiger partial charge in [0.2, 0.25) is 0 Å². The molecular formula is C17H12N4O2S. The number of amides is 1. The highest BCUT2D eigenvalue weighted by molar-refractivity contribution is 7.13. The number of aryl methyl sites for hydroxylation is 1. The Balaban J connectivity index is 1.83. The average Bonchev–Trinajstić information content (AvgIpc) is 3.25. The lowest BCUT2D eigenvalue weighted by molar-refractivity contribution is 0.102. The Hall–Kier alpha value is -3.06. The fourth-order valence-electron chi connectivity index (χ4n) is 2.46. The average molecular weight is 336 g/mol. The summed E-state index contributed by atoms with van der Waals surface area (Å²) in [6.45, 7) is 1.79. The number of aromatic nitrogens is 3. The third-order valence-corrected chi connectivity index (χ3v) is 4.45. The molecule has 4 aromatic rings. The summed E-state index contributed by atoms with van der Waals surface area (Å²) in [4.78, 5) is 22.2. The number of hydrogen-bond acceptors (Lipinski definition) is 6. The van der Waals surface area contributed by atoms with Gasteiger partial charge in [0.25, 0.3) is 11.6 Å². The molecule has 1 amide bonds. The molecule has 7 heteroatoms. The molecule has 118 valence electrons. The number of nitrogens with one attached hydrogen (secondary N) is 1. The third-order valence-electron chi connectivity index (χ3n) is 3.55. The zero-order chi connectivity index (χ0) is 16.5. The van der Waals surface area contributed by atoms with Gasteiger partial charge in [0.1, 0.15) is 0 Å². The topological polar surface area (TPSA) is 80.9 Å². The lowest BCUT2D eigenvalue weighted by atomic mass is 10.1. The minimum Gasteiger partial charge on any atom is -0.335 e. The van der Waals surface area contributed by atoms with Crippen LogP contribution >= 0.6 is 11.3 Å². The first-order chi connectivity index (χ1) is 11.7. The van der Waals surface area contributed by atoms with E-state index >= 15 is 0 Å². The van der Waals surface area contributed by atoms with Crippen LogP contribution in [0.25, 0.3) is 21.7 Å². The molecule has 6 nitrogen and oxygen atoms in total. The molecule has 0 saturated carbocycles. The molecule has 4 rings (SSSR count). The number of hydrogen-bond donors (Lipinski definition) is 1. The van der Waals surface area contributed by atoms with Gasteiger partial charge in [0.05, 0.1) is 39.1 Å². The Morgan fingerprint density at radius 2 is 2.21 bits per heavy atom. The number of nitrogens with zero attached hydrogens (tertiary/aromatic N) is 3. The number of carbonyl (C=O) groups is 1. The molecule has 0 aliphatic rings. The standard InChI is InChI=1S/C17H12N4O2S/c1-10-15-12(16(22)19-11-4-2-6-18-9-11)8-13(14-5-3-7-24-14)20-17(15)23-21-10/h2-9H,1H3,(H,19,22). The minimum absolute atomic E-state index is 0.250. The minimum atomic E-state index is -0.250. The number of anilines is 1. The fraction of sp³-hybridized carbons (Fsp3) is 0.0588. The largest absolute Gasteiger partial charge is 0.335 e. The van der Waals surface area contributed by atoms with Gasteiger partial charge in [-0.05, 0) is 36.6 Å². The van der Waals surface area contributed by atoms with Crippen LogP contribution in [0.3, 0.4) is 0 Å². The van der Waals surface area contributed by atoms with Gasteiger partial charge in [-0.25, -0.2) is 4.98 Å². The van der Waals surface area contributed by atoms with Gasteiger partial charge in [-0.15, -0.1) is 11.3 Å². The zero-order valence-electron chi connectivity index (χ0n) is 12.7. The van der Waals surface area contributed by atoms with Crippen molar-refractivity contribution in [2.75, 3.05) is 5.32 Å². The Bertz CT molecular complexity index is 1010. The molecule has 4 aromatic heterocycles. The van der Waals surface area contributed by atoms with E-state index in [4.69, 9.17) is 4.52 Å². The Morgan fingerprint density at radius 1 is 1.29 bits per heavy atom. The van der Waals surface area contributed by atoms with Gasteiger partial charge in [-0.3, -0.25) is 9.78 Å². The third kappa shape index (κ3) is 2.55. The van der Waals surface area contributed by atoms with Crippen LogP contribution in [0, 0.1) is 6.92 Å². The lowest BCUT2D eigenvalue weighted by Crippen LogP contribution is -2.13. The van der Waals surface area contributed by atoms with E-state index in [1.54, 1.807) is 48.9 Å². The first kappa shape index (κ1) is 14.5. The number of carbonyl (C=O) groups excluding carboxylic acids is 1. The van der Waals surface area contributed by atoms with Crippen molar-refractivity contribution >= 4 is 34.0 Å². The van der Waals surface area contributed by atoms with Crippen molar-refractivity contribution in [3.05, 3.63) is 59.4 Å². The predicted octanol–water partition coefficient (Wildman–Crippen LogP) is 3.91. The van der Waals surface area contributed by atoms with Gasteiger partial charge in [-0.1, -0.05) is 11.2 Å². The number of pyridine rings is 2. The second-order valence-electron chi connectivity index (χ2n) is 5.18. The van der Waals surface area contributed by atoms with Crippen LogP contribution in [-0.2, 0) is 0 Å². The second kappa shape index (κ2) is 5.86. The molecule has 0 saturated heterocycles. The molecule has 0 radical (unpaired) electrons. The summed E-state index contributed by atoms with van der Waals surface area (Å²) in [6, 6.07) is 9.20. The molecule has 4 heterocycles. The summed E-state index contributed by atoms with van der Waals surface area (Å²) < 4.78 is 5.28. The second-order valence-corrected chi connectivity index (χ2v) is 6.12. The van der Waals surface area contributed by atoms with Crippen LogP contribution in [0.15, 0.2) is 52.6 Å². The molecule has 0 bridgehead atoms. The van der Waals surface area contributed by atoms with Gasteiger partial charge >= 0.3 is 0 Å². The first-order valence-corrected chi connectivity index (χ1v) is 8.12. The van der Waals surface area contributed by atoms with E-state index < -0.39 is 0 Å². The maximum absolute atomic E-state index is 12.8. The molecule has 1 N–H and O–H groups in total. The van der Waals surface area contributed by atoms with E-state index in [-0.39, 0.29) is 5.91 Å². The molecule has 0 fully saturated rings. The zero-order valence-corrected chi connectivity index (χ0v) is 13.5. The van der Waals surface area contributed by atoms with Crippen molar-refractivity contribution in [1.82, 2.24) is 15.1 Å². The number of fused-ring (bicyclic) bond motifs is 1. The molecular weight excluding hydrogens is 324 g/mol. The van der Waals surface area contributed by atoms with Crippen molar-refractivity contribution < 1.29 is 9.32 Å². The van der Waals surface area contributed by atoms with Crippen molar-refractivity contribution in [3.63, 3.8) is 0 Å². The van der Waals surface area contributed by atoms with Crippen LogP contribution in [0.1, 0.15) is 16.1 Å². The molecule has 0 atom stereocenters.